The number of rotatable bonds is 0. The molecule has 2 bridgehead atoms. The van der Waals surface area contributed by atoms with Crippen molar-refractivity contribution in [3.8, 4) is 0 Å². The Morgan fingerprint density at radius 1 is 0.852 bits per heavy atom. The Kier molecular flexibility index (Phi) is 2.98. The number of fused-ring (bicyclic) bond motifs is 8. The molecule has 136 valence electrons. The van der Waals surface area contributed by atoms with Gasteiger partial charge in [0.2, 0.25) is 0 Å². The molecule has 0 unspecified atom stereocenters. The summed E-state index contributed by atoms with van der Waals surface area (Å²) in [5.41, 5.74) is 6.97. The minimum Gasteiger partial charge on any atom is -0.296 e. The van der Waals surface area contributed by atoms with E-state index in [2.05, 4.69) is 67.6 Å². The Morgan fingerprint density at radius 2 is 1.56 bits per heavy atom. The smallest absolute Gasteiger partial charge is 0.145 e. The van der Waals surface area contributed by atoms with Crippen LogP contribution in [0.4, 0.5) is 0 Å². The van der Waals surface area contributed by atoms with Gasteiger partial charge in [0.15, 0.2) is 0 Å². The van der Waals surface area contributed by atoms with Gasteiger partial charge in [-0.05, 0) is 54.2 Å². The topological polar surface area (TPSA) is 17.3 Å². The van der Waals surface area contributed by atoms with Gasteiger partial charge in [0.25, 0.3) is 0 Å². The minimum atomic E-state index is 0.150. The molecule has 2 aromatic heterocycles. The summed E-state index contributed by atoms with van der Waals surface area (Å²) in [6, 6.07) is 15.9. The Balaban J connectivity index is 1.83. The molecule has 2 nitrogen and oxygen atoms in total. The predicted molar refractivity (Wildman–Crippen MR) is 113 cm³/mol. The van der Waals surface area contributed by atoms with E-state index in [0.29, 0.717) is 11.8 Å². The number of imidazole rings is 1. The zero-order valence-electron chi connectivity index (χ0n) is 16.4. The van der Waals surface area contributed by atoms with Gasteiger partial charge in [-0.25, -0.2) is 4.98 Å². The fourth-order valence-electron chi connectivity index (χ4n) is 5.53. The van der Waals surface area contributed by atoms with Crippen LogP contribution in [0.15, 0.2) is 42.5 Å². The summed E-state index contributed by atoms with van der Waals surface area (Å²) in [6.45, 7) is 6.90. The zero-order valence-corrected chi connectivity index (χ0v) is 16.4. The molecule has 0 radical (unpaired) electrons. The van der Waals surface area contributed by atoms with E-state index >= 15 is 0 Å². The highest BCUT2D eigenvalue weighted by molar-refractivity contribution is 6.12. The van der Waals surface area contributed by atoms with E-state index in [1.54, 1.807) is 0 Å². The van der Waals surface area contributed by atoms with Crippen LogP contribution in [0.1, 0.15) is 75.2 Å². The third kappa shape index (κ3) is 2.04. The molecule has 0 N–H and O–H groups in total. The first-order valence-electron chi connectivity index (χ1n) is 10.4. The standard InChI is InChI=1S/C25H26N2/c1-25(2,3)17-12-13-21-20(14-17)18-6-4-5-7-19(18)24-26-22-15-8-10-16(11-9-15)23(22)27(21)24/h4-7,12-16H,8-11H2,1-3H3. The number of hydrogen-bond donors (Lipinski definition) is 0. The van der Waals surface area contributed by atoms with E-state index < -0.39 is 0 Å². The second kappa shape index (κ2) is 5.13. The molecule has 4 aromatic rings. The van der Waals surface area contributed by atoms with Crippen LogP contribution in [0.25, 0.3) is 27.3 Å². The van der Waals surface area contributed by atoms with Gasteiger partial charge in [-0.2, -0.15) is 0 Å². The Morgan fingerprint density at radius 3 is 2.30 bits per heavy atom. The van der Waals surface area contributed by atoms with Crippen molar-refractivity contribution < 1.29 is 0 Å². The maximum absolute atomic E-state index is 5.25. The maximum Gasteiger partial charge on any atom is 0.145 e. The second-order valence-electron chi connectivity index (χ2n) is 9.62. The van der Waals surface area contributed by atoms with E-state index in [0.717, 1.165) is 0 Å². The van der Waals surface area contributed by atoms with Gasteiger partial charge >= 0.3 is 0 Å². The number of aromatic nitrogens is 2. The first-order chi connectivity index (χ1) is 13.0. The van der Waals surface area contributed by atoms with Crippen molar-refractivity contribution in [3.05, 3.63) is 59.4 Å². The summed E-state index contributed by atoms with van der Waals surface area (Å²) >= 11 is 0. The van der Waals surface area contributed by atoms with Gasteiger partial charge in [0.1, 0.15) is 5.65 Å². The van der Waals surface area contributed by atoms with Crippen LogP contribution in [0.5, 0.6) is 0 Å². The molecule has 0 amide bonds. The Hall–Kier alpha value is -2.35. The summed E-state index contributed by atoms with van der Waals surface area (Å²) in [5.74, 6) is 1.36. The van der Waals surface area contributed by atoms with E-state index in [4.69, 9.17) is 4.98 Å². The molecule has 0 aliphatic heterocycles. The second-order valence-corrected chi connectivity index (χ2v) is 9.62. The fourth-order valence-corrected chi connectivity index (χ4v) is 5.53. The van der Waals surface area contributed by atoms with Crippen molar-refractivity contribution in [1.29, 1.82) is 0 Å². The highest BCUT2D eigenvalue weighted by atomic mass is 15.0. The Bertz CT molecular complexity index is 1210. The Labute approximate surface area is 160 Å². The molecular weight excluding hydrogens is 328 g/mol. The number of benzene rings is 2. The van der Waals surface area contributed by atoms with Crippen molar-refractivity contribution in [2.75, 3.05) is 0 Å². The van der Waals surface area contributed by atoms with Crippen molar-refractivity contribution in [2.45, 2.75) is 63.7 Å². The minimum absolute atomic E-state index is 0.150. The summed E-state index contributed by atoms with van der Waals surface area (Å²) in [4.78, 5) is 5.25. The van der Waals surface area contributed by atoms with Crippen LogP contribution < -0.4 is 0 Å². The lowest BCUT2D eigenvalue weighted by molar-refractivity contribution is 0.347. The van der Waals surface area contributed by atoms with Crippen LogP contribution in [0.3, 0.4) is 0 Å². The first-order valence-corrected chi connectivity index (χ1v) is 10.4. The van der Waals surface area contributed by atoms with Crippen molar-refractivity contribution >= 4 is 27.3 Å². The van der Waals surface area contributed by atoms with Gasteiger partial charge in [-0.15, -0.1) is 0 Å². The quantitative estimate of drug-likeness (QED) is 0.321. The van der Waals surface area contributed by atoms with Gasteiger partial charge < -0.3 is 0 Å². The van der Waals surface area contributed by atoms with Gasteiger partial charge in [0.05, 0.1) is 11.2 Å². The average Bonchev–Trinajstić information content (AvgIpc) is 3.11. The molecule has 2 heteroatoms. The number of hydrogen-bond acceptors (Lipinski definition) is 1. The highest BCUT2D eigenvalue weighted by Crippen LogP contribution is 2.50. The molecule has 1 fully saturated rings. The molecule has 7 rings (SSSR count). The summed E-state index contributed by atoms with van der Waals surface area (Å²) in [6.07, 6.45) is 5.32. The molecule has 27 heavy (non-hydrogen) atoms. The summed E-state index contributed by atoms with van der Waals surface area (Å²) in [5, 5.41) is 4.00. The number of pyridine rings is 1. The third-order valence-electron chi connectivity index (χ3n) is 7.00. The predicted octanol–water partition coefficient (Wildman–Crippen LogP) is 6.69. The lowest BCUT2D eigenvalue weighted by atomic mass is 9.71. The molecule has 3 aliphatic carbocycles. The van der Waals surface area contributed by atoms with Gasteiger partial charge in [0, 0.05) is 28.3 Å². The maximum atomic E-state index is 5.25. The molecule has 2 heterocycles. The van der Waals surface area contributed by atoms with Crippen LogP contribution in [0, 0.1) is 0 Å². The van der Waals surface area contributed by atoms with Crippen LogP contribution >= 0.6 is 0 Å². The van der Waals surface area contributed by atoms with E-state index in [1.165, 1.54) is 70.0 Å². The van der Waals surface area contributed by atoms with Gasteiger partial charge in [-0.1, -0.05) is 51.1 Å². The average molecular weight is 354 g/mol. The molecule has 2 aromatic carbocycles. The van der Waals surface area contributed by atoms with Crippen molar-refractivity contribution in [1.82, 2.24) is 9.38 Å². The fraction of sp³-hybridized carbons (Fsp3) is 0.400. The van der Waals surface area contributed by atoms with E-state index in [9.17, 15) is 0 Å². The zero-order chi connectivity index (χ0) is 18.3. The molecule has 1 saturated carbocycles. The van der Waals surface area contributed by atoms with E-state index in [1.807, 2.05) is 0 Å². The number of nitrogens with zero attached hydrogens (tertiary/aromatic N) is 2. The molecule has 0 saturated heterocycles. The van der Waals surface area contributed by atoms with Crippen LogP contribution in [-0.2, 0) is 5.41 Å². The van der Waals surface area contributed by atoms with E-state index in [-0.39, 0.29) is 5.41 Å². The monoisotopic (exact) mass is 354 g/mol. The summed E-state index contributed by atoms with van der Waals surface area (Å²) < 4.78 is 2.52. The van der Waals surface area contributed by atoms with Crippen LogP contribution in [0.2, 0.25) is 0 Å². The lowest BCUT2D eigenvalue weighted by Crippen LogP contribution is -2.22. The molecule has 0 spiro atoms. The SMILES string of the molecule is CC(C)(C)c1ccc2c(c1)c1ccccc1c1nc3c(n21)C1CCC3CC1. The van der Waals surface area contributed by atoms with Crippen molar-refractivity contribution in [2.24, 2.45) is 0 Å². The molecule has 3 aliphatic rings. The van der Waals surface area contributed by atoms with Gasteiger partial charge in [-0.3, -0.25) is 4.40 Å². The normalized spacial score (nSPS) is 22.0. The molecule has 0 atom stereocenters. The highest BCUT2D eigenvalue weighted by Gasteiger charge is 2.37. The lowest BCUT2D eigenvalue weighted by Gasteiger charge is -2.35. The summed E-state index contributed by atoms with van der Waals surface area (Å²) in [7, 11) is 0. The first kappa shape index (κ1) is 15.7. The third-order valence-corrected chi connectivity index (χ3v) is 7.00. The largest absolute Gasteiger partial charge is 0.296 e. The van der Waals surface area contributed by atoms with Crippen molar-refractivity contribution in [3.63, 3.8) is 0 Å². The van der Waals surface area contributed by atoms with Crippen LogP contribution in [-0.4, -0.2) is 9.38 Å². The molecular formula is C25H26N2.